The Morgan fingerprint density at radius 1 is 1.14 bits per heavy atom. The Kier molecular flexibility index (Phi) is 5.98. The Balaban J connectivity index is 1.87. The molecule has 1 atom stereocenters. The SMILES string of the molecule is COc1cc(NC(=O)[C@@H](c2ccc(F)cc2)N(C)C)ccc1-n1nc(C)cc1C. The first-order chi connectivity index (χ1) is 13.8. The molecule has 1 heterocycles. The summed E-state index contributed by atoms with van der Waals surface area (Å²) in [5.74, 6) is 0.0378. The number of hydrogen-bond donors (Lipinski definition) is 1. The molecule has 1 amide bonds. The van der Waals surface area contributed by atoms with Crippen LogP contribution in [0.15, 0.2) is 48.5 Å². The number of benzene rings is 2. The monoisotopic (exact) mass is 396 g/mol. The number of amides is 1. The topological polar surface area (TPSA) is 59.4 Å². The number of carbonyl (C=O) groups excluding carboxylic acids is 1. The predicted molar refractivity (Wildman–Crippen MR) is 111 cm³/mol. The summed E-state index contributed by atoms with van der Waals surface area (Å²) in [5, 5.41) is 7.42. The van der Waals surface area contributed by atoms with Crippen molar-refractivity contribution in [1.82, 2.24) is 14.7 Å². The highest BCUT2D eigenvalue weighted by Gasteiger charge is 2.23. The number of halogens is 1. The fourth-order valence-corrected chi connectivity index (χ4v) is 3.34. The second-order valence-corrected chi connectivity index (χ2v) is 7.13. The molecule has 6 nitrogen and oxygen atoms in total. The van der Waals surface area contributed by atoms with Gasteiger partial charge in [0, 0.05) is 17.4 Å². The van der Waals surface area contributed by atoms with E-state index in [2.05, 4.69) is 10.4 Å². The Bertz CT molecular complexity index is 1010. The van der Waals surface area contributed by atoms with E-state index in [4.69, 9.17) is 4.74 Å². The summed E-state index contributed by atoms with van der Waals surface area (Å²) in [6.45, 7) is 3.90. The first-order valence-corrected chi connectivity index (χ1v) is 9.24. The van der Waals surface area contributed by atoms with E-state index in [0.29, 0.717) is 17.0 Å². The van der Waals surface area contributed by atoms with Crippen LogP contribution in [-0.4, -0.2) is 41.8 Å². The van der Waals surface area contributed by atoms with Gasteiger partial charge in [0.25, 0.3) is 0 Å². The maximum Gasteiger partial charge on any atom is 0.246 e. The summed E-state index contributed by atoms with van der Waals surface area (Å²) in [7, 11) is 5.19. The van der Waals surface area contributed by atoms with Gasteiger partial charge in [-0.05, 0) is 63.8 Å². The van der Waals surface area contributed by atoms with Crippen molar-refractivity contribution in [1.29, 1.82) is 0 Å². The van der Waals surface area contributed by atoms with Gasteiger partial charge in [-0.2, -0.15) is 5.10 Å². The van der Waals surface area contributed by atoms with E-state index in [9.17, 15) is 9.18 Å². The number of aryl methyl sites for hydroxylation is 2. The molecule has 3 aromatic rings. The quantitative estimate of drug-likeness (QED) is 0.687. The molecule has 3 rings (SSSR count). The van der Waals surface area contributed by atoms with Crippen LogP contribution in [0, 0.1) is 19.7 Å². The van der Waals surface area contributed by atoms with Crippen molar-refractivity contribution in [2.24, 2.45) is 0 Å². The lowest BCUT2D eigenvalue weighted by Crippen LogP contribution is -2.32. The Hall–Kier alpha value is -3.19. The van der Waals surface area contributed by atoms with E-state index in [1.807, 2.05) is 32.0 Å². The standard InChI is InChI=1S/C22H25FN4O2/c1-14-12-15(2)27(25-14)19-11-10-18(13-20(19)29-5)24-22(28)21(26(3)4)16-6-8-17(23)9-7-16/h6-13,21H,1-5H3,(H,24,28)/t21-/m1/s1. The van der Waals surface area contributed by atoms with Crippen molar-refractivity contribution in [2.75, 3.05) is 26.5 Å². The molecule has 0 spiro atoms. The van der Waals surface area contributed by atoms with Crippen LogP contribution in [0.1, 0.15) is 23.0 Å². The predicted octanol–water partition coefficient (Wildman–Crippen LogP) is 3.88. The average Bonchev–Trinajstić information content (AvgIpc) is 3.01. The van der Waals surface area contributed by atoms with Crippen molar-refractivity contribution < 1.29 is 13.9 Å². The largest absolute Gasteiger partial charge is 0.494 e. The number of rotatable bonds is 6. The molecule has 0 aliphatic carbocycles. The lowest BCUT2D eigenvalue weighted by Gasteiger charge is -2.24. The number of aromatic nitrogens is 2. The van der Waals surface area contributed by atoms with E-state index in [1.165, 1.54) is 12.1 Å². The van der Waals surface area contributed by atoms with Crippen LogP contribution in [0.4, 0.5) is 10.1 Å². The lowest BCUT2D eigenvalue weighted by molar-refractivity contribution is -0.120. The van der Waals surface area contributed by atoms with Crippen molar-refractivity contribution >= 4 is 11.6 Å². The Labute approximate surface area is 169 Å². The maximum atomic E-state index is 13.3. The summed E-state index contributed by atoms with van der Waals surface area (Å²) in [4.78, 5) is 14.7. The number of nitrogens with one attached hydrogen (secondary N) is 1. The number of carbonyl (C=O) groups is 1. The summed E-state index contributed by atoms with van der Waals surface area (Å²) < 4.78 is 20.6. The Morgan fingerprint density at radius 3 is 2.38 bits per heavy atom. The van der Waals surface area contributed by atoms with Crippen LogP contribution >= 0.6 is 0 Å². The highest BCUT2D eigenvalue weighted by molar-refractivity contribution is 5.95. The molecule has 29 heavy (non-hydrogen) atoms. The van der Waals surface area contributed by atoms with Crippen LogP contribution < -0.4 is 10.1 Å². The number of nitrogens with zero attached hydrogens (tertiary/aromatic N) is 3. The zero-order chi connectivity index (χ0) is 21.1. The molecule has 0 bridgehead atoms. The summed E-state index contributed by atoms with van der Waals surface area (Å²) in [6.07, 6.45) is 0. The van der Waals surface area contributed by atoms with Crippen molar-refractivity contribution in [3.8, 4) is 11.4 Å². The molecule has 0 saturated heterocycles. The third-order valence-corrected chi connectivity index (χ3v) is 4.64. The van der Waals surface area contributed by atoms with Crippen LogP contribution in [0.3, 0.4) is 0 Å². The molecule has 0 radical (unpaired) electrons. The van der Waals surface area contributed by atoms with E-state index in [1.54, 1.807) is 49.0 Å². The minimum atomic E-state index is -0.558. The van der Waals surface area contributed by atoms with Gasteiger partial charge in [0.15, 0.2) is 0 Å². The Morgan fingerprint density at radius 2 is 1.83 bits per heavy atom. The molecule has 0 fully saturated rings. The number of likely N-dealkylation sites (N-methyl/N-ethyl adjacent to an activating group) is 1. The fourth-order valence-electron chi connectivity index (χ4n) is 3.34. The average molecular weight is 396 g/mol. The fraction of sp³-hybridized carbons (Fsp3) is 0.273. The van der Waals surface area contributed by atoms with Gasteiger partial charge < -0.3 is 10.1 Å². The van der Waals surface area contributed by atoms with Crippen LogP contribution in [0.25, 0.3) is 5.69 Å². The summed E-state index contributed by atoms with van der Waals surface area (Å²) in [6, 6.07) is 12.8. The first-order valence-electron chi connectivity index (χ1n) is 9.24. The van der Waals surface area contributed by atoms with Gasteiger partial charge in [-0.15, -0.1) is 0 Å². The number of methoxy groups -OCH3 is 1. The van der Waals surface area contributed by atoms with Gasteiger partial charge >= 0.3 is 0 Å². The molecule has 7 heteroatoms. The van der Waals surface area contributed by atoms with Crippen LogP contribution in [0.2, 0.25) is 0 Å². The van der Waals surface area contributed by atoms with Crippen LogP contribution in [-0.2, 0) is 4.79 Å². The zero-order valence-electron chi connectivity index (χ0n) is 17.2. The number of anilines is 1. The van der Waals surface area contributed by atoms with Crippen molar-refractivity contribution in [3.05, 3.63) is 71.3 Å². The van der Waals surface area contributed by atoms with E-state index in [0.717, 1.165) is 17.1 Å². The van der Waals surface area contributed by atoms with Gasteiger partial charge in [-0.25, -0.2) is 9.07 Å². The molecule has 1 N–H and O–H groups in total. The highest BCUT2D eigenvalue weighted by atomic mass is 19.1. The van der Waals surface area contributed by atoms with Gasteiger partial charge in [0.05, 0.1) is 12.8 Å². The maximum absolute atomic E-state index is 13.3. The molecule has 2 aromatic carbocycles. The smallest absolute Gasteiger partial charge is 0.246 e. The molecule has 0 aliphatic rings. The zero-order valence-corrected chi connectivity index (χ0v) is 17.2. The third-order valence-electron chi connectivity index (χ3n) is 4.64. The number of ether oxygens (including phenoxy) is 1. The minimum Gasteiger partial charge on any atom is -0.494 e. The number of hydrogen-bond acceptors (Lipinski definition) is 4. The molecule has 0 saturated carbocycles. The molecular formula is C22H25FN4O2. The van der Waals surface area contributed by atoms with Gasteiger partial charge in [0.2, 0.25) is 5.91 Å². The third kappa shape index (κ3) is 4.46. The molecule has 0 aliphatic heterocycles. The molecule has 1 aromatic heterocycles. The first kappa shape index (κ1) is 20.5. The van der Waals surface area contributed by atoms with Crippen LogP contribution in [0.5, 0.6) is 5.75 Å². The van der Waals surface area contributed by atoms with Gasteiger partial charge in [0.1, 0.15) is 23.3 Å². The second-order valence-electron chi connectivity index (χ2n) is 7.13. The van der Waals surface area contributed by atoms with Crippen molar-refractivity contribution in [3.63, 3.8) is 0 Å². The van der Waals surface area contributed by atoms with E-state index >= 15 is 0 Å². The van der Waals surface area contributed by atoms with E-state index in [-0.39, 0.29) is 11.7 Å². The molecule has 152 valence electrons. The van der Waals surface area contributed by atoms with Gasteiger partial charge in [-0.3, -0.25) is 9.69 Å². The highest BCUT2D eigenvalue weighted by Crippen LogP contribution is 2.29. The lowest BCUT2D eigenvalue weighted by atomic mass is 10.0. The van der Waals surface area contributed by atoms with Crippen molar-refractivity contribution in [2.45, 2.75) is 19.9 Å². The molecular weight excluding hydrogens is 371 g/mol. The second kappa shape index (κ2) is 8.45. The van der Waals surface area contributed by atoms with Gasteiger partial charge in [-0.1, -0.05) is 12.1 Å². The summed E-state index contributed by atoms with van der Waals surface area (Å²) in [5.41, 5.74) is 4.00. The minimum absolute atomic E-state index is 0.220. The summed E-state index contributed by atoms with van der Waals surface area (Å²) >= 11 is 0. The normalized spacial score (nSPS) is 12.1. The van der Waals surface area contributed by atoms with E-state index < -0.39 is 6.04 Å². The molecule has 0 unspecified atom stereocenters.